The van der Waals surface area contributed by atoms with Crippen LogP contribution in [0.4, 0.5) is 16.2 Å². The largest absolute Gasteiger partial charge is 0.444 e. The molecule has 0 atom stereocenters. The van der Waals surface area contributed by atoms with Crippen molar-refractivity contribution in [2.24, 2.45) is 0 Å². The third-order valence-corrected chi connectivity index (χ3v) is 2.88. The molecule has 2 N–H and O–H groups in total. The van der Waals surface area contributed by atoms with Crippen LogP contribution in [0.5, 0.6) is 0 Å². The highest BCUT2D eigenvalue weighted by Gasteiger charge is 2.19. The maximum atomic E-state index is 11.7. The van der Waals surface area contributed by atoms with Gasteiger partial charge in [-0.1, -0.05) is 11.6 Å². The van der Waals surface area contributed by atoms with E-state index in [1.54, 1.807) is 26.8 Å². The number of rotatable bonds is 1. The van der Waals surface area contributed by atoms with Gasteiger partial charge in [-0.3, -0.25) is 5.32 Å². The van der Waals surface area contributed by atoms with Crippen molar-refractivity contribution >= 4 is 29.1 Å². The number of carbonyl (C=O) groups is 1. The molecule has 0 spiro atoms. The number of halogens is 1. The summed E-state index contributed by atoms with van der Waals surface area (Å²) in [5.41, 5.74) is 1.77. The van der Waals surface area contributed by atoms with Crippen molar-refractivity contribution in [1.82, 2.24) is 4.98 Å². The molecule has 0 radical (unpaired) electrons. The number of hydrogen-bond acceptors (Lipinski definition) is 4. The lowest BCUT2D eigenvalue weighted by molar-refractivity contribution is 0.0636. The first-order chi connectivity index (χ1) is 8.85. The zero-order valence-corrected chi connectivity index (χ0v) is 12.1. The SMILES string of the molecule is CC(C)(C)OC(=O)Nc1cc2c(nc1Cl)CCCN2. The van der Waals surface area contributed by atoms with Crippen LogP contribution in [-0.2, 0) is 11.2 Å². The van der Waals surface area contributed by atoms with Crippen LogP contribution in [-0.4, -0.2) is 23.2 Å². The zero-order chi connectivity index (χ0) is 14.0. The molecule has 1 aliphatic heterocycles. The Labute approximate surface area is 117 Å². The number of aryl methyl sites for hydroxylation is 1. The number of nitrogens with zero attached hydrogens (tertiary/aromatic N) is 1. The molecule has 1 aromatic heterocycles. The number of amides is 1. The monoisotopic (exact) mass is 283 g/mol. The van der Waals surface area contributed by atoms with Gasteiger partial charge in [0, 0.05) is 6.54 Å². The number of anilines is 2. The summed E-state index contributed by atoms with van der Waals surface area (Å²) >= 11 is 6.07. The molecule has 0 fully saturated rings. The Morgan fingerprint density at radius 2 is 2.26 bits per heavy atom. The number of pyridine rings is 1. The maximum absolute atomic E-state index is 11.7. The van der Waals surface area contributed by atoms with E-state index >= 15 is 0 Å². The molecule has 19 heavy (non-hydrogen) atoms. The van der Waals surface area contributed by atoms with Gasteiger partial charge in [-0.2, -0.15) is 0 Å². The molecule has 2 rings (SSSR count). The summed E-state index contributed by atoms with van der Waals surface area (Å²) in [5.74, 6) is 0. The van der Waals surface area contributed by atoms with Gasteiger partial charge in [0.15, 0.2) is 5.15 Å². The van der Waals surface area contributed by atoms with E-state index in [4.69, 9.17) is 16.3 Å². The number of fused-ring (bicyclic) bond motifs is 1. The van der Waals surface area contributed by atoms with Crippen molar-refractivity contribution in [2.45, 2.75) is 39.2 Å². The molecule has 0 bridgehead atoms. The summed E-state index contributed by atoms with van der Waals surface area (Å²) in [6.07, 6.45) is 1.40. The number of nitrogens with one attached hydrogen (secondary N) is 2. The summed E-state index contributed by atoms with van der Waals surface area (Å²) in [6.45, 7) is 6.32. The maximum Gasteiger partial charge on any atom is 0.412 e. The highest BCUT2D eigenvalue weighted by molar-refractivity contribution is 6.32. The normalized spacial score (nSPS) is 14.3. The quantitative estimate of drug-likeness (QED) is 0.775. The minimum atomic E-state index is -0.545. The first kappa shape index (κ1) is 13.9. The van der Waals surface area contributed by atoms with Gasteiger partial charge < -0.3 is 10.1 Å². The van der Waals surface area contributed by atoms with Gasteiger partial charge in [0.05, 0.1) is 17.1 Å². The van der Waals surface area contributed by atoms with E-state index in [1.165, 1.54) is 0 Å². The molecule has 0 saturated carbocycles. The summed E-state index contributed by atoms with van der Waals surface area (Å²) in [7, 11) is 0. The van der Waals surface area contributed by atoms with Crippen molar-refractivity contribution in [1.29, 1.82) is 0 Å². The Kier molecular flexibility index (Phi) is 3.85. The number of ether oxygens (including phenoxy) is 1. The van der Waals surface area contributed by atoms with Crippen molar-refractivity contribution in [3.8, 4) is 0 Å². The average Bonchev–Trinajstić information content (AvgIpc) is 2.27. The smallest absolute Gasteiger partial charge is 0.412 e. The second-order valence-electron chi connectivity index (χ2n) is 5.48. The molecular weight excluding hydrogens is 266 g/mol. The Bertz CT molecular complexity index is 497. The van der Waals surface area contributed by atoms with Gasteiger partial charge in [0.2, 0.25) is 0 Å². The van der Waals surface area contributed by atoms with Crippen molar-refractivity contribution in [3.05, 3.63) is 16.9 Å². The Hall–Kier alpha value is -1.49. The highest BCUT2D eigenvalue weighted by Crippen LogP contribution is 2.29. The molecule has 0 aliphatic carbocycles. The highest BCUT2D eigenvalue weighted by atomic mass is 35.5. The molecule has 6 heteroatoms. The van der Waals surface area contributed by atoms with E-state index in [9.17, 15) is 4.79 Å². The lowest BCUT2D eigenvalue weighted by Crippen LogP contribution is -2.27. The molecule has 1 aromatic rings. The molecule has 104 valence electrons. The van der Waals surface area contributed by atoms with Crippen LogP contribution >= 0.6 is 11.6 Å². The van der Waals surface area contributed by atoms with Crippen LogP contribution < -0.4 is 10.6 Å². The van der Waals surface area contributed by atoms with Crippen LogP contribution in [0.15, 0.2) is 6.07 Å². The van der Waals surface area contributed by atoms with Crippen LogP contribution in [0.25, 0.3) is 0 Å². The number of aromatic nitrogens is 1. The van der Waals surface area contributed by atoms with Gasteiger partial charge in [0.25, 0.3) is 0 Å². The minimum absolute atomic E-state index is 0.285. The van der Waals surface area contributed by atoms with E-state index < -0.39 is 11.7 Å². The molecule has 0 saturated heterocycles. The van der Waals surface area contributed by atoms with Crippen LogP contribution in [0.2, 0.25) is 5.15 Å². The van der Waals surface area contributed by atoms with Gasteiger partial charge in [-0.15, -0.1) is 0 Å². The molecule has 2 heterocycles. The third-order valence-electron chi connectivity index (χ3n) is 2.60. The fourth-order valence-corrected chi connectivity index (χ4v) is 2.05. The van der Waals surface area contributed by atoms with Gasteiger partial charge in [-0.25, -0.2) is 9.78 Å². The second-order valence-corrected chi connectivity index (χ2v) is 5.84. The van der Waals surface area contributed by atoms with Crippen molar-refractivity contribution < 1.29 is 9.53 Å². The third kappa shape index (κ3) is 3.73. The number of carbonyl (C=O) groups excluding carboxylic acids is 1. The molecule has 1 aliphatic rings. The van der Waals surface area contributed by atoms with E-state index in [2.05, 4.69) is 15.6 Å². The van der Waals surface area contributed by atoms with Gasteiger partial charge in [-0.05, 0) is 39.7 Å². The molecular formula is C13H18ClN3O2. The average molecular weight is 284 g/mol. The molecule has 5 nitrogen and oxygen atoms in total. The summed E-state index contributed by atoms with van der Waals surface area (Å²) < 4.78 is 5.18. The predicted octanol–water partition coefficient (Wildman–Crippen LogP) is 3.44. The Morgan fingerprint density at radius 1 is 1.53 bits per heavy atom. The van der Waals surface area contributed by atoms with Crippen molar-refractivity contribution in [3.63, 3.8) is 0 Å². The van der Waals surface area contributed by atoms with Gasteiger partial charge >= 0.3 is 6.09 Å². The topological polar surface area (TPSA) is 63.2 Å². The zero-order valence-electron chi connectivity index (χ0n) is 11.3. The fraction of sp³-hybridized carbons (Fsp3) is 0.538. The summed E-state index contributed by atoms with van der Waals surface area (Å²) in [6, 6.07) is 1.80. The molecule has 0 aromatic carbocycles. The lowest BCUT2D eigenvalue weighted by atomic mass is 10.1. The van der Waals surface area contributed by atoms with E-state index in [1.807, 2.05) is 0 Å². The van der Waals surface area contributed by atoms with Crippen LogP contribution in [0.3, 0.4) is 0 Å². The van der Waals surface area contributed by atoms with Gasteiger partial charge in [0.1, 0.15) is 5.60 Å². The Balaban J connectivity index is 2.14. The second kappa shape index (κ2) is 5.25. The molecule has 0 unspecified atom stereocenters. The van der Waals surface area contributed by atoms with E-state index in [-0.39, 0.29) is 5.15 Å². The van der Waals surface area contributed by atoms with Crippen LogP contribution in [0.1, 0.15) is 32.9 Å². The van der Waals surface area contributed by atoms with Crippen LogP contribution in [0, 0.1) is 0 Å². The summed E-state index contributed by atoms with van der Waals surface area (Å²) in [4.78, 5) is 16.0. The predicted molar refractivity (Wildman–Crippen MR) is 75.9 cm³/mol. The lowest BCUT2D eigenvalue weighted by Gasteiger charge is -2.21. The summed E-state index contributed by atoms with van der Waals surface area (Å²) in [5, 5.41) is 6.15. The van der Waals surface area contributed by atoms with E-state index in [0.717, 1.165) is 30.8 Å². The fourth-order valence-electron chi connectivity index (χ4n) is 1.85. The van der Waals surface area contributed by atoms with E-state index in [0.29, 0.717) is 5.69 Å². The minimum Gasteiger partial charge on any atom is -0.444 e. The first-order valence-electron chi connectivity index (χ1n) is 6.28. The standard InChI is InChI=1S/C13H18ClN3O2/c1-13(2,3)19-12(18)17-10-7-9-8(16-11(10)14)5-4-6-15-9/h7,15H,4-6H2,1-3H3,(H,17,18). The Morgan fingerprint density at radius 3 is 2.95 bits per heavy atom. The number of hydrogen-bond donors (Lipinski definition) is 2. The molecule has 1 amide bonds. The first-order valence-corrected chi connectivity index (χ1v) is 6.66. The van der Waals surface area contributed by atoms with Crippen molar-refractivity contribution in [2.75, 3.05) is 17.2 Å².